The normalized spacial score (nSPS) is 13.1. The predicted octanol–water partition coefficient (Wildman–Crippen LogP) is 27.6. The van der Waals surface area contributed by atoms with Gasteiger partial charge in [-0.25, -0.2) is 0 Å². The van der Waals surface area contributed by atoms with Crippen LogP contribution in [0.3, 0.4) is 0 Å². The molecule has 0 fully saturated rings. The van der Waals surface area contributed by atoms with Crippen molar-refractivity contribution in [3.8, 4) is 11.4 Å². The SMILES string of the molecule is CC(C)(C)c1cccc(N(c2ccc3c(c2)oc2ccc4c(ccc5oc6cc(N(c7cccc(C(C)(C)C)c7)c7ccc8c(c7)c7ccccc7n8-c7cc(C(C)(C)C)cc(C(C)(C)C)c7)ccc6c54)c23)c2ccc3c(c2)c2ccccc2n3-c2cc(C(C)(C)C)cc(C(C)(C)C)c2)c1. The Labute approximate surface area is 589 Å². The highest BCUT2D eigenvalue weighted by Gasteiger charge is 2.29. The Kier molecular flexibility index (Phi) is 14.6. The molecule has 0 aliphatic carbocycles. The Morgan fingerprint density at radius 1 is 0.220 bits per heavy atom. The van der Waals surface area contributed by atoms with Crippen LogP contribution in [0.15, 0.2) is 239 Å². The largest absolute Gasteiger partial charge is 0.456 e. The first kappa shape index (κ1) is 64.4. The zero-order valence-electron chi connectivity index (χ0n) is 61.5. The van der Waals surface area contributed by atoms with Crippen LogP contribution < -0.4 is 9.80 Å². The lowest BCUT2D eigenvalue weighted by Crippen LogP contribution is -2.17. The quantitative estimate of drug-likeness (QED) is 0.152. The van der Waals surface area contributed by atoms with E-state index in [1.54, 1.807) is 0 Å². The molecule has 0 aliphatic rings. The number of fused-ring (bicyclic) bond motifs is 15. The van der Waals surface area contributed by atoms with Crippen LogP contribution in [0.1, 0.15) is 158 Å². The highest BCUT2D eigenvalue weighted by Crippen LogP contribution is 2.49. The van der Waals surface area contributed by atoms with E-state index in [0.29, 0.717) is 0 Å². The van der Waals surface area contributed by atoms with Crippen molar-refractivity contribution in [3.63, 3.8) is 0 Å². The molecule has 500 valence electrons. The van der Waals surface area contributed by atoms with Crippen LogP contribution in [0.25, 0.3) is 110 Å². The molecule has 0 radical (unpaired) electrons. The van der Waals surface area contributed by atoms with Crippen LogP contribution in [-0.4, -0.2) is 9.13 Å². The average Bonchev–Trinajstić information content (AvgIpc) is 1.58. The van der Waals surface area contributed by atoms with Crippen LogP contribution in [0.5, 0.6) is 0 Å². The van der Waals surface area contributed by atoms with Gasteiger partial charge in [0.15, 0.2) is 0 Å². The lowest BCUT2D eigenvalue weighted by Gasteiger charge is -2.28. The molecule has 6 nitrogen and oxygen atoms in total. The molecule has 0 unspecified atom stereocenters. The first-order valence-corrected chi connectivity index (χ1v) is 35.8. The van der Waals surface area contributed by atoms with Crippen molar-refractivity contribution in [1.82, 2.24) is 9.13 Å². The molecule has 4 heterocycles. The first-order valence-electron chi connectivity index (χ1n) is 35.8. The van der Waals surface area contributed by atoms with Gasteiger partial charge in [0.1, 0.15) is 22.3 Å². The summed E-state index contributed by atoms with van der Waals surface area (Å²) < 4.78 is 19.0. The maximum atomic E-state index is 7.03. The summed E-state index contributed by atoms with van der Waals surface area (Å²) in [6, 6.07) is 86.7. The maximum Gasteiger partial charge on any atom is 0.137 e. The fourth-order valence-electron chi connectivity index (χ4n) is 15.3. The molecular weight excluding hydrogens is 1220 g/mol. The predicted molar refractivity (Wildman–Crippen MR) is 429 cm³/mol. The number of hydrogen-bond donors (Lipinski definition) is 0. The fourth-order valence-corrected chi connectivity index (χ4v) is 15.3. The molecule has 0 saturated heterocycles. The minimum Gasteiger partial charge on any atom is -0.456 e. The van der Waals surface area contributed by atoms with E-state index in [0.717, 1.165) is 88.8 Å². The number of rotatable bonds is 8. The molecule has 0 N–H and O–H groups in total. The molecule has 0 bridgehead atoms. The van der Waals surface area contributed by atoms with E-state index in [4.69, 9.17) is 8.83 Å². The van der Waals surface area contributed by atoms with Crippen molar-refractivity contribution in [2.75, 3.05) is 9.80 Å². The van der Waals surface area contributed by atoms with Crippen LogP contribution >= 0.6 is 0 Å². The zero-order chi connectivity index (χ0) is 70.1. The molecule has 0 spiro atoms. The Morgan fingerprint density at radius 3 is 0.890 bits per heavy atom. The van der Waals surface area contributed by atoms with Crippen LogP contribution in [0.4, 0.5) is 34.1 Å². The summed E-state index contributed by atoms with van der Waals surface area (Å²) >= 11 is 0. The van der Waals surface area contributed by atoms with Gasteiger partial charge in [0.2, 0.25) is 0 Å². The van der Waals surface area contributed by atoms with Gasteiger partial charge in [-0.2, -0.15) is 0 Å². The van der Waals surface area contributed by atoms with Crippen LogP contribution in [0, 0.1) is 0 Å². The number of nitrogens with zero attached hydrogens (tertiary/aromatic N) is 4. The second-order valence-corrected chi connectivity index (χ2v) is 34.5. The third kappa shape index (κ3) is 10.9. The Hall–Kier alpha value is -10.3. The Morgan fingerprint density at radius 2 is 0.530 bits per heavy atom. The highest BCUT2D eigenvalue weighted by molar-refractivity contribution is 6.28. The van der Waals surface area contributed by atoms with E-state index in [-0.39, 0.29) is 32.5 Å². The standard InChI is InChI=1S/C94H92N4O2/c1-89(2,3)57-25-23-27-63(47-57)95(65-35-41-81-77(53-65)71-29-19-21-31-79(71)97(81)69-49-59(91(7,8)9)45-60(50-69)92(10,11)12)67-33-37-75-85(55-67)99-83-43-39-74-73(87(75)83)40-44-84-88(74)76-38-34-68(56-86(76)100-84)96(64-28-24-26-58(48-64)90(4,5)6)66-36-42-82-78(54-66)72-30-20-22-32-80(72)98(82)70-51-61(93(13,14)15)46-62(52-70)94(16,17)18/h19-56H,1-18H3. The van der Waals surface area contributed by atoms with Crippen LogP contribution in [-0.2, 0) is 32.5 Å². The highest BCUT2D eigenvalue weighted by atomic mass is 16.3. The molecule has 4 aromatic heterocycles. The molecule has 0 amide bonds. The van der Waals surface area contributed by atoms with Gasteiger partial charge >= 0.3 is 0 Å². The van der Waals surface area contributed by atoms with Gasteiger partial charge in [-0.1, -0.05) is 197 Å². The topological polar surface area (TPSA) is 42.6 Å². The molecule has 0 saturated carbocycles. The molecular formula is C94H92N4O2. The van der Waals surface area contributed by atoms with Gasteiger partial charge in [-0.15, -0.1) is 0 Å². The van der Waals surface area contributed by atoms with Gasteiger partial charge in [0.05, 0.1) is 22.1 Å². The number of aromatic nitrogens is 2. The number of hydrogen-bond acceptors (Lipinski definition) is 4. The van der Waals surface area contributed by atoms with Crippen molar-refractivity contribution in [1.29, 1.82) is 0 Å². The summed E-state index contributed by atoms with van der Waals surface area (Å²) in [7, 11) is 0. The van der Waals surface area contributed by atoms with E-state index in [1.807, 2.05) is 0 Å². The van der Waals surface area contributed by atoms with E-state index in [9.17, 15) is 0 Å². The molecule has 100 heavy (non-hydrogen) atoms. The van der Waals surface area contributed by atoms with Crippen molar-refractivity contribution < 1.29 is 8.83 Å². The van der Waals surface area contributed by atoms with Crippen LogP contribution in [0.2, 0.25) is 0 Å². The third-order valence-electron chi connectivity index (χ3n) is 21.1. The number of anilines is 6. The lowest BCUT2D eigenvalue weighted by atomic mass is 9.80. The summed E-state index contributed by atoms with van der Waals surface area (Å²) in [5, 5.41) is 11.4. The average molecular weight is 1310 g/mol. The minimum atomic E-state index is -0.0681. The van der Waals surface area contributed by atoms with Crippen molar-refractivity contribution in [3.05, 3.63) is 264 Å². The van der Waals surface area contributed by atoms with E-state index < -0.39 is 0 Å². The minimum absolute atomic E-state index is 0.0291. The Bertz CT molecular complexity index is 5560. The van der Waals surface area contributed by atoms with Crippen molar-refractivity contribution in [2.45, 2.75) is 157 Å². The number of furan rings is 2. The van der Waals surface area contributed by atoms with Gasteiger partial charge in [0.25, 0.3) is 0 Å². The lowest BCUT2D eigenvalue weighted by molar-refractivity contribution is 0.567. The van der Waals surface area contributed by atoms with Gasteiger partial charge < -0.3 is 27.8 Å². The Balaban J connectivity index is 0.821. The van der Waals surface area contributed by atoms with Gasteiger partial charge in [0, 0.05) is 101 Å². The van der Waals surface area contributed by atoms with Gasteiger partial charge in [-0.05, 0) is 222 Å². The first-order chi connectivity index (χ1) is 47.3. The summed E-state index contributed by atoms with van der Waals surface area (Å²) in [6.07, 6.45) is 0. The number of benzene rings is 12. The van der Waals surface area contributed by atoms with E-state index >= 15 is 0 Å². The summed E-state index contributed by atoms with van der Waals surface area (Å²) in [5.41, 5.74) is 24.3. The summed E-state index contributed by atoms with van der Waals surface area (Å²) in [5.74, 6) is 0. The molecule has 16 rings (SSSR count). The molecule has 0 aliphatic heterocycles. The number of para-hydroxylation sites is 2. The molecule has 0 atom stereocenters. The van der Waals surface area contributed by atoms with E-state index in [1.165, 1.54) is 88.4 Å². The molecule has 12 aromatic carbocycles. The van der Waals surface area contributed by atoms with E-state index in [2.05, 4.69) is 374 Å². The van der Waals surface area contributed by atoms with Crippen molar-refractivity contribution >= 4 is 132 Å². The monoisotopic (exact) mass is 1310 g/mol. The third-order valence-corrected chi connectivity index (χ3v) is 21.1. The fraction of sp³-hybridized carbons (Fsp3) is 0.255. The second kappa shape index (κ2) is 22.6. The molecule has 6 heteroatoms. The second-order valence-electron chi connectivity index (χ2n) is 34.5. The van der Waals surface area contributed by atoms with Crippen molar-refractivity contribution in [2.24, 2.45) is 0 Å². The molecule has 16 aromatic rings. The summed E-state index contributed by atoms with van der Waals surface area (Å²) in [4.78, 5) is 4.82. The summed E-state index contributed by atoms with van der Waals surface area (Å²) in [6.45, 7) is 41.6. The smallest absolute Gasteiger partial charge is 0.137 e. The van der Waals surface area contributed by atoms with Gasteiger partial charge in [-0.3, -0.25) is 0 Å². The maximum absolute atomic E-state index is 7.03. The zero-order valence-corrected chi connectivity index (χ0v) is 61.5.